The molecule has 3 aromatic carbocycles. The number of unbranched alkanes of at least 4 members (excludes halogenated alkanes) is 2. The van der Waals surface area contributed by atoms with Crippen LogP contribution in [0.25, 0.3) is 22.8 Å². The lowest BCUT2D eigenvalue weighted by Gasteiger charge is -2.21. The van der Waals surface area contributed by atoms with Gasteiger partial charge >= 0.3 is 6.09 Å². The second kappa shape index (κ2) is 20.8. The average Bonchev–Trinajstić information content (AvgIpc) is 3.15. The number of phenolic OH excluding ortho intramolecular Hbond substituents is 2. The molecule has 0 bridgehead atoms. The van der Waals surface area contributed by atoms with E-state index in [1.807, 2.05) is 6.07 Å². The largest absolute Gasteiger partial charge is 0.507 e. The zero-order valence-electron chi connectivity index (χ0n) is 31.2. The molecule has 2 unspecified atom stereocenters. The summed E-state index contributed by atoms with van der Waals surface area (Å²) >= 11 is 0. The molecule has 1 amide bonds. The van der Waals surface area contributed by atoms with Gasteiger partial charge < -0.3 is 29.2 Å². The number of anilines is 2. The van der Waals surface area contributed by atoms with Crippen LogP contribution in [0.5, 0.6) is 23.0 Å². The highest BCUT2D eigenvalue weighted by molar-refractivity contribution is 5.94. The number of benzene rings is 3. The average molecular weight is 715 g/mol. The van der Waals surface area contributed by atoms with Gasteiger partial charge in [0.2, 0.25) is 5.95 Å². The first-order chi connectivity index (χ1) is 25.3. The fourth-order valence-corrected chi connectivity index (χ4v) is 5.67. The van der Waals surface area contributed by atoms with Crippen LogP contribution >= 0.6 is 0 Å². The molecular weight excluding hydrogens is 660 g/mol. The topological polar surface area (TPSA) is 136 Å². The van der Waals surface area contributed by atoms with Crippen LogP contribution < -0.4 is 14.4 Å². The zero-order chi connectivity index (χ0) is 37.3. The minimum atomic E-state index is -0.741. The van der Waals surface area contributed by atoms with Crippen molar-refractivity contribution in [3.63, 3.8) is 0 Å². The van der Waals surface area contributed by atoms with E-state index < -0.39 is 6.09 Å². The molecule has 11 nitrogen and oxygen atoms in total. The first-order valence-electron chi connectivity index (χ1n) is 18.5. The summed E-state index contributed by atoms with van der Waals surface area (Å²) in [6.07, 6.45) is 7.96. The van der Waals surface area contributed by atoms with Gasteiger partial charge in [-0.1, -0.05) is 84.4 Å². The number of methoxy groups -OCH3 is 1. The van der Waals surface area contributed by atoms with Crippen LogP contribution in [0, 0.1) is 11.8 Å². The number of carbonyl (C=O) groups excluding carboxylic acids is 1. The molecule has 11 heteroatoms. The molecule has 0 spiro atoms. The minimum absolute atomic E-state index is 0.00261. The smallest absolute Gasteiger partial charge is 0.421 e. The highest BCUT2D eigenvalue weighted by Crippen LogP contribution is 2.37. The number of nitrogens with zero attached hydrogens (tertiary/aromatic N) is 4. The van der Waals surface area contributed by atoms with E-state index in [2.05, 4.69) is 42.6 Å². The molecule has 2 atom stereocenters. The SMILES string of the molecule is CCCCC(CC)COc1ccc(-c2nc(-c3ccc(OCC(CC)CCCC)cc3O)nc(N(C(=O)OCCOC)c3ccccc3)n2)c(O)c1. The molecule has 52 heavy (non-hydrogen) atoms. The molecule has 2 N–H and O–H groups in total. The number of hydrogen-bond acceptors (Lipinski definition) is 10. The van der Waals surface area contributed by atoms with Gasteiger partial charge in [0.05, 0.1) is 36.6 Å². The minimum Gasteiger partial charge on any atom is -0.507 e. The van der Waals surface area contributed by atoms with Gasteiger partial charge in [0.1, 0.15) is 29.6 Å². The summed E-state index contributed by atoms with van der Waals surface area (Å²) in [6.45, 7) is 9.95. The van der Waals surface area contributed by atoms with Crippen molar-refractivity contribution in [3.8, 4) is 45.8 Å². The standard InChI is InChI=1S/C41H54N4O7/c1-6-10-15-29(8-3)27-51-32-19-21-34(36(46)25-32)38-42-39(35-22-20-33(26-37(35)47)52-28-30(9-4)16-11-7-2)44-40(43-38)45(31-17-13-12-14-18-31)41(48)50-24-23-49-5/h12-14,17-22,25-26,29-30,46-47H,6-11,15-16,23-24,27-28H2,1-5H3. The predicted molar refractivity (Wildman–Crippen MR) is 203 cm³/mol. The lowest BCUT2D eigenvalue weighted by atomic mass is 10.0. The maximum absolute atomic E-state index is 13.6. The maximum atomic E-state index is 13.6. The van der Waals surface area contributed by atoms with Crippen molar-refractivity contribution in [1.29, 1.82) is 0 Å². The van der Waals surface area contributed by atoms with Gasteiger partial charge in [0.25, 0.3) is 0 Å². The predicted octanol–water partition coefficient (Wildman–Crippen LogP) is 9.73. The molecule has 0 fully saturated rings. The van der Waals surface area contributed by atoms with Crippen LogP contribution in [0.2, 0.25) is 0 Å². The fourth-order valence-electron chi connectivity index (χ4n) is 5.67. The molecule has 4 aromatic rings. The van der Waals surface area contributed by atoms with Crippen molar-refractivity contribution >= 4 is 17.7 Å². The summed E-state index contributed by atoms with van der Waals surface area (Å²) in [4.78, 5) is 28.8. The molecule has 0 saturated carbocycles. The monoisotopic (exact) mass is 714 g/mol. The van der Waals surface area contributed by atoms with Crippen LogP contribution in [0.4, 0.5) is 16.4 Å². The van der Waals surface area contributed by atoms with E-state index in [1.165, 1.54) is 24.1 Å². The molecule has 0 radical (unpaired) electrons. The number of aromatic hydroxyl groups is 2. The van der Waals surface area contributed by atoms with Gasteiger partial charge in [-0.3, -0.25) is 0 Å². The first-order valence-corrected chi connectivity index (χ1v) is 18.5. The highest BCUT2D eigenvalue weighted by atomic mass is 16.6. The number of amides is 1. The van der Waals surface area contributed by atoms with E-state index in [9.17, 15) is 15.0 Å². The van der Waals surface area contributed by atoms with Gasteiger partial charge in [0, 0.05) is 19.2 Å². The Labute approximate surface area is 308 Å². The van der Waals surface area contributed by atoms with E-state index in [4.69, 9.17) is 18.9 Å². The normalized spacial score (nSPS) is 12.2. The van der Waals surface area contributed by atoms with Gasteiger partial charge in [0.15, 0.2) is 11.6 Å². The summed E-state index contributed by atoms with van der Waals surface area (Å²) in [5.74, 6) is 1.73. The molecule has 1 aromatic heterocycles. The quantitative estimate of drug-likeness (QED) is 0.0803. The molecule has 1 heterocycles. The lowest BCUT2D eigenvalue weighted by Crippen LogP contribution is -2.30. The number of carbonyl (C=O) groups is 1. The molecule has 0 aliphatic rings. The third-order valence-corrected chi connectivity index (χ3v) is 9.01. The van der Waals surface area contributed by atoms with E-state index in [-0.39, 0.29) is 53.4 Å². The Morgan fingerprint density at radius 1 is 0.712 bits per heavy atom. The van der Waals surface area contributed by atoms with Crippen molar-refractivity contribution in [3.05, 3.63) is 66.7 Å². The van der Waals surface area contributed by atoms with Crippen molar-refractivity contribution < 1.29 is 34.0 Å². The van der Waals surface area contributed by atoms with Crippen LogP contribution in [-0.4, -0.2) is 64.8 Å². The molecular formula is C41H54N4O7. The number of hydrogen-bond donors (Lipinski definition) is 2. The Balaban J connectivity index is 1.75. The van der Waals surface area contributed by atoms with E-state index in [1.54, 1.807) is 48.5 Å². The van der Waals surface area contributed by atoms with Crippen molar-refractivity contribution in [2.24, 2.45) is 11.8 Å². The maximum Gasteiger partial charge on any atom is 0.421 e. The lowest BCUT2D eigenvalue weighted by molar-refractivity contribution is 0.104. The number of rotatable bonds is 21. The number of ether oxygens (including phenoxy) is 4. The molecule has 280 valence electrons. The Morgan fingerprint density at radius 2 is 1.23 bits per heavy atom. The number of para-hydroxylation sites is 1. The van der Waals surface area contributed by atoms with E-state index >= 15 is 0 Å². The summed E-state index contributed by atoms with van der Waals surface area (Å²) < 4.78 is 22.7. The van der Waals surface area contributed by atoms with Crippen molar-refractivity contribution in [2.75, 3.05) is 38.4 Å². The summed E-state index contributed by atoms with van der Waals surface area (Å²) in [6, 6.07) is 18.7. The molecule has 4 rings (SSSR count). The van der Waals surface area contributed by atoms with Gasteiger partial charge in [-0.2, -0.15) is 9.97 Å². The van der Waals surface area contributed by atoms with Crippen LogP contribution in [-0.2, 0) is 9.47 Å². The second-order valence-electron chi connectivity index (χ2n) is 12.9. The Morgan fingerprint density at radius 3 is 1.67 bits per heavy atom. The molecule has 0 saturated heterocycles. The summed E-state index contributed by atoms with van der Waals surface area (Å²) in [7, 11) is 1.52. The van der Waals surface area contributed by atoms with Gasteiger partial charge in [-0.15, -0.1) is 0 Å². The Hall–Kier alpha value is -4.90. The third kappa shape index (κ3) is 11.3. The van der Waals surface area contributed by atoms with Crippen LogP contribution in [0.3, 0.4) is 0 Å². The first kappa shape index (κ1) is 39.9. The van der Waals surface area contributed by atoms with Gasteiger partial charge in [-0.05, 0) is 61.1 Å². The highest BCUT2D eigenvalue weighted by Gasteiger charge is 2.26. The fraction of sp³-hybridized carbons (Fsp3) is 0.463. The van der Waals surface area contributed by atoms with Gasteiger partial charge in [-0.25, -0.2) is 14.7 Å². The molecule has 0 aliphatic carbocycles. The summed E-state index contributed by atoms with van der Waals surface area (Å²) in [5.41, 5.74) is 1.01. The van der Waals surface area contributed by atoms with Crippen molar-refractivity contribution in [2.45, 2.75) is 79.1 Å². The van der Waals surface area contributed by atoms with Crippen LogP contribution in [0.15, 0.2) is 66.7 Å². The van der Waals surface area contributed by atoms with E-state index in [0.29, 0.717) is 42.2 Å². The second-order valence-corrected chi connectivity index (χ2v) is 12.9. The van der Waals surface area contributed by atoms with E-state index in [0.717, 1.165) is 51.4 Å². The number of phenols is 2. The van der Waals surface area contributed by atoms with Crippen LogP contribution in [0.1, 0.15) is 79.1 Å². The Bertz CT molecular complexity index is 1600. The van der Waals surface area contributed by atoms with Crippen molar-refractivity contribution in [1.82, 2.24) is 15.0 Å². The molecule has 0 aliphatic heterocycles. The number of aromatic nitrogens is 3. The third-order valence-electron chi connectivity index (χ3n) is 9.01. The zero-order valence-corrected chi connectivity index (χ0v) is 31.2. The Kier molecular flexibility index (Phi) is 16.0. The summed E-state index contributed by atoms with van der Waals surface area (Å²) in [5, 5.41) is 22.5.